The molecule has 0 saturated heterocycles. The Hall–Kier alpha value is -2.14. The van der Waals surface area contributed by atoms with Crippen LogP contribution in [0.25, 0.3) is 10.9 Å². The van der Waals surface area contributed by atoms with Crippen LogP contribution in [0, 0.1) is 0 Å². The molecule has 3 aromatic rings. The van der Waals surface area contributed by atoms with Gasteiger partial charge in [0.05, 0.1) is 6.61 Å². The van der Waals surface area contributed by atoms with Gasteiger partial charge in [-0.2, -0.15) is 4.98 Å². The summed E-state index contributed by atoms with van der Waals surface area (Å²) in [6, 6.07) is 7.93. The van der Waals surface area contributed by atoms with Crippen molar-refractivity contribution >= 4 is 10.9 Å². The molecule has 104 valence electrons. The van der Waals surface area contributed by atoms with E-state index in [2.05, 4.69) is 14.7 Å². The zero-order valence-corrected chi connectivity index (χ0v) is 11.6. The molecule has 1 N–H and O–H groups in total. The number of nitrogens with zero attached hydrogens (tertiary/aromatic N) is 3. The van der Waals surface area contributed by atoms with E-state index in [-0.39, 0.29) is 12.5 Å². The Bertz CT molecular complexity index is 728. The smallest absolute Gasteiger partial charge is 0.246 e. The van der Waals surface area contributed by atoms with Crippen LogP contribution in [0.3, 0.4) is 0 Å². The summed E-state index contributed by atoms with van der Waals surface area (Å²) in [5.74, 6) is 1.61. The molecule has 1 aromatic carbocycles. The molecule has 0 bridgehead atoms. The molecule has 0 saturated carbocycles. The molecule has 0 atom stereocenters. The minimum atomic E-state index is 0.0581. The van der Waals surface area contributed by atoms with Crippen LogP contribution < -0.4 is 0 Å². The van der Waals surface area contributed by atoms with Gasteiger partial charge in [0.2, 0.25) is 5.89 Å². The zero-order chi connectivity index (χ0) is 14.1. The highest BCUT2D eigenvalue weighted by molar-refractivity contribution is 5.80. The van der Waals surface area contributed by atoms with Gasteiger partial charge in [0.25, 0.3) is 0 Å². The van der Waals surface area contributed by atoms with Gasteiger partial charge in [0.1, 0.15) is 6.54 Å². The summed E-state index contributed by atoms with van der Waals surface area (Å²) in [5.41, 5.74) is 2.00. The lowest BCUT2D eigenvalue weighted by Gasteiger charge is -2.02. The highest BCUT2D eigenvalue weighted by Gasteiger charge is 2.11. The van der Waals surface area contributed by atoms with Crippen LogP contribution in [0.5, 0.6) is 0 Å². The molecule has 0 radical (unpaired) electrons. The van der Waals surface area contributed by atoms with Gasteiger partial charge in [0.15, 0.2) is 5.82 Å². The predicted molar refractivity (Wildman–Crippen MR) is 75.3 cm³/mol. The Morgan fingerprint density at radius 3 is 2.85 bits per heavy atom. The summed E-state index contributed by atoms with van der Waals surface area (Å²) in [6.45, 7) is 4.69. The Morgan fingerprint density at radius 1 is 1.30 bits per heavy atom. The van der Waals surface area contributed by atoms with Crippen molar-refractivity contribution in [2.24, 2.45) is 0 Å². The van der Waals surface area contributed by atoms with Gasteiger partial charge in [-0.1, -0.05) is 25.1 Å². The first-order valence-corrected chi connectivity index (χ1v) is 6.68. The van der Waals surface area contributed by atoms with E-state index in [1.54, 1.807) is 0 Å². The largest absolute Gasteiger partial charge is 0.392 e. The second-order valence-corrected chi connectivity index (χ2v) is 5.20. The Labute approximate surface area is 116 Å². The molecular formula is C15H17N3O2. The fraction of sp³-hybridized carbons (Fsp3) is 0.333. The number of hydrogen-bond donors (Lipinski definition) is 1. The first kappa shape index (κ1) is 12.9. The van der Waals surface area contributed by atoms with Crippen LogP contribution in [-0.2, 0) is 13.2 Å². The minimum Gasteiger partial charge on any atom is -0.392 e. The molecular weight excluding hydrogens is 254 g/mol. The van der Waals surface area contributed by atoms with Gasteiger partial charge in [-0.15, -0.1) is 0 Å². The number of rotatable bonds is 4. The zero-order valence-electron chi connectivity index (χ0n) is 11.6. The SMILES string of the molecule is CC(C)c1noc(Cn2ccc3cc(CO)ccc32)n1. The highest BCUT2D eigenvalue weighted by atomic mass is 16.5. The van der Waals surface area contributed by atoms with E-state index in [1.165, 1.54) is 0 Å². The summed E-state index contributed by atoms with van der Waals surface area (Å²) >= 11 is 0. The molecule has 0 aliphatic rings. The topological polar surface area (TPSA) is 64.1 Å². The van der Waals surface area contributed by atoms with Gasteiger partial charge in [-0.25, -0.2) is 0 Å². The number of fused-ring (bicyclic) bond motifs is 1. The van der Waals surface area contributed by atoms with Crippen LogP contribution in [0.15, 0.2) is 35.0 Å². The molecule has 0 unspecified atom stereocenters. The lowest BCUT2D eigenvalue weighted by molar-refractivity contribution is 0.282. The molecule has 0 amide bonds. The molecule has 0 spiro atoms. The standard InChI is InChI=1S/C15H17N3O2/c1-10(2)15-16-14(20-17-15)8-18-6-5-12-7-11(9-19)3-4-13(12)18/h3-7,10,19H,8-9H2,1-2H3. The summed E-state index contributed by atoms with van der Waals surface area (Å²) in [5, 5.41) is 14.2. The van der Waals surface area contributed by atoms with E-state index in [1.807, 2.05) is 44.3 Å². The molecule has 3 rings (SSSR count). The monoisotopic (exact) mass is 271 g/mol. The van der Waals surface area contributed by atoms with Crippen LogP contribution >= 0.6 is 0 Å². The maximum atomic E-state index is 9.15. The molecule has 2 heterocycles. The van der Waals surface area contributed by atoms with E-state index >= 15 is 0 Å². The number of hydrogen-bond acceptors (Lipinski definition) is 4. The van der Waals surface area contributed by atoms with E-state index < -0.39 is 0 Å². The molecule has 5 heteroatoms. The van der Waals surface area contributed by atoms with E-state index in [4.69, 9.17) is 9.63 Å². The molecule has 20 heavy (non-hydrogen) atoms. The van der Waals surface area contributed by atoms with Crippen molar-refractivity contribution in [3.05, 3.63) is 47.7 Å². The molecule has 0 fully saturated rings. The second-order valence-electron chi connectivity index (χ2n) is 5.20. The maximum absolute atomic E-state index is 9.15. The van der Waals surface area contributed by atoms with Gasteiger partial charge in [-0.05, 0) is 29.1 Å². The fourth-order valence-corrected chi connectivity index (χ4v) is 2.20. The van der Waals surface area contributed by atoms with Crippen molar-refractivity contribution in [3.8, 4) is 0 Å². The Morgan fingerprint density at radius 2 is 2.15 bits per heavy atom. The third-order valence-electron chi connectivity index (χ3n) is 3.32. The summed E-state index contributed by atoms with van der Waals surface area (Å²) in [7, 11) is 0. The van der Waals surface area contributed by atoms with E-state index in [0.717, 1.165) is 22.3 Å². The molecule has 0 aliphatic heterocycles. The van der Waals surface area contributed by atoms with Crippen molar-refractivity contribution < 1.29 is 9.63 Å². The van der Waals surface area contributed by atoms with Crippen LogP contribution in [0.2, 0.25) is 0 Å². The van der Waals surface area contributed by atoms with Crippen LogP contribution in [0.1, 0.15) is 37.0 Å². The first-order chi connectivity index (χ1) is 9.67. The summed E-state index contributed by atoms with van der Waals surface area (Å²) in [4.78, 5) is 4.39. The number of benzene rings is 1. The highest BCUT2D eigenvalue weighted by Crippen LogP contribution is 2.19. The third kappa shape index (κ3) is 2.32. The Kier molecular flexibility index (Phi) is 3.28. The normalized spacial score (nSPS) is 11.6. The van der Waals surface area contributed by atoms with E-state index in [9.17, 15) is 0 Å². The molecule has 0 aliphatic carbocycles. The van der Waals surface area contributed by atoms with Crippen molar-refractivity contribution in [3.63, 3.8) is 0 Å². The van der Waals surface area contributed by atoms with Crippen LogP contribution in [-0.4, -0.2) is 19.8 Å². The second kappa shape index (κ2) is 5.09. The first-order valence-electron chi connectivity index (χ1n) is 6.68. The average molecular weight is 271 g/mol. The average Bonchev–Trinajstić information content (AvgIpc) is 3.06. The fourth-order valence-electron chi connectivity index (χ4n) is 2.20. The van der Waals surface area contributed by atoms with Crippen molar-refractivity contribution in [1.29, 1.82) is 0 Å². The van der Waals surface area contributed by atoms with Crippen molar-refractivity contribution in [2.75, 3.05) is 0 Å². The number of aliphatic hydroxyl groups excluding tert-OH is 1. The molecule has 2 aromatic heterocycles. The van der Waals surface area contributed by atoms with Gasteiger partial charge < -0.3 is 14.2 Å². The van der Waals surface area contributed by atoms with Crippen molar-refractivity contribution in [1.82, 2.24) is 14.7 Å². The van der Waals surface area contributed by atoms with Crippen LogP contribution in [0.4, 0.5) is 0 Å². The maximum Gasteiger partial charge on any atom is 0.246 e. The minimum absolute atomic E-state index is 0.0581. The third-order valence-corrected chi connectivity index (χ3v) is 3.32. The van der Waals surface area contributed by atoms with Gasteiger partial charge in [0, 0.05) is 17.6 Å². The van der Waals surface area contributed by atoms with Crippen molar-refractivity contribution in [2.45, 2.75) is 32.9 Å². The van der Waals surface area contributed by atoms with E-state index in [0.29, 0.717) is 12.4 Å². The molecule has 5 nitrogen and oxygen atoms in total. The van der Waals surface area contributed by atoms with Gasteiger partial charge >= 0.3 is 0 Å². The number of aromatic nitrogens is 3. The lowest BCUT2D eigenvalue weighted by Crippen LogP contribution is -1.99. The Balaban J connectivity index is 1.90. The van der Waals surface area contributed by atoms with Gasteiger partial charge in [-0.3, -0.25) is 0 Å². The summed E-state index contributed by atoms with van der Waals surface area (Å²) < 4.78 is 7.33. The summed E-state index contributed by atoms with van der Waals surface area (Å²) in [6.07, 6.45) is 1.99. The lowest BCUT2D eigenvalue weighted by atomic mass is 10.2. The quantitative estimate of drug-likeness (QED) is 0.792. The predicted octanol–water partition coefficient (Wildman–Crippen LogP) is 2.69. The number of aliphatic hydroxyl groups is 1.